The summed E-state index contributed by atoms with van der Waals surface area (Å²) in [6.07, 6.45) is 8.02. The van der Waals surface area contributed by atoms with E-state index in [4.69, 9.17) is 12.2 Å². The van der Waals surface area contributed by atoms with Gasteiger partial charge >= 0.3 is 0 Å². The number of rotatable bonds is 4. The summed E-state index contributed by atoms with van der Waals surface area (Å²) in [7, 11) is 0. The van der Waals surface area contributed by atoms with E-state index in [1.54, 1.807) is 11.3 Å². The van der Waals surface area contributed by atoms with Crippen molar-refractivity contribution < 1.29 is 0 Å². The van der Waals surface area contributed by atoms with Crippen LogP contribution in [0.15, 0.2) is 29.6 Å². The molecule has 1 heterocycles. The lowest BCUT2D eigenvalue weighted by Crippen LogP contribution is -2.09. The molecule has 0 spiro atoms. The molecular formula is C14H15NS. The Bertz CT molecular complexity index is 507. The van der Waals surface area contributed by atoms with Crippen LogP contribution in [0.2, 0.25) is 0 Å². The molecule has 1 nitrogen and oxygen atoms in total. The largest absolute Gasteiger partial charge is 0.324 e. The number of terminal acetylenes is 1. The van der Waals surface area contributed by atoms with E-state index in [1.165, 1.54) is 15.6 Å². The van der Waals surface area contributed by atoms with Crippen molar-refractivity contribution in [2.24, 2.45) is 5.73 Å². The minimum atomic E-state index is 0.115. The Kier molecular flexibility index (Phi) is 3.61. The average molecular weight is 229 g/mol. The maximum absolute atomic E-state index is 6.18. The number of benzene rings is 1. The summed E-state index contributed by atoms with van der Waals surface area (Å²) in [6, 6.07) is 8.52. The summed E-state index contributed by atoms with van der Waals surface area (Å²) >= 11 is 1.76. The van der Waals surface area contributed by atoms with Gasteiger partial charge in [-0.05, 0) is 35.2 Å². The molecule has 16 heavy (non-hydrogen) atoms. The highest BCUT2D eigenvalue weighted by Crippen LogP contribution is 2.30. The molecule has 0 radical (unpaired) electrons. The normalized spacial score (nSPS) is 12.5. The summed E-state index contributed by atoms with van der Waals surface area (Å²) in [5.74, 6) is 2.65. The van der Waals surface area contributed by atoms with Crippen molar-refractivity contribution in [3.8, 4) is 12.3 Å². The standard InChI is InChI=1S/C14H15NS/c1-2-3-4-8-13(15)12-10-16-14-9-6-5-7-11(12)14/h1,5-7,9-10,13H,3-4,8,15H2. The molecule has 0 aliphatic carbocycles. The van der Waals surface area contributed by atoms with Gasteiger partial charge in [0.2, 0.25) is 0 Å². The second-order valence-electron chi connectivity index (χ2n) is 3.89. The molecule has 0 amide bonds. The van der Waals surface area contributed by atoms with Crippen molar-refractivity contribution in [1.82, 2.24) is 0 Å². The van der Waals surface area contributed by atoms with Gasteiger partial charge in [-0.2, -0.15) is 0 Å². The molecule has 2 heteroatoms. The third-order valence-corrected chi connectivity index (χ3v) is 3.73. The van der Waals surface area contributed by atoms with Crippen LogP contribution in [0.25, 0.3) is 10.1 Å². The lowest BCUT2D eigenvalue weighted by molar-refractivity contribution is 0.626. The maximum Gasteiger partial charge on any atom is 0.0346 e. The summed E-state index contributed by atoms with van der Waals surface area (Å²) in [4.78, 5) is 0. The Morgan fingerprint density at radius 2 is 2.19 bits per heavy atom. The number of hydrogen-bond donors (Lipinski definition) is 1. The van der Waals surface area contributed by atoms with Crippen molar-refractivity contribution in [2.45, 2.75) is 25.3 Å². The highest BCUT2D eigenvalue weighted by Gasteiger charge is 2.10. The van der Waals surface area contributed by atoms with E-state index >= 15 is 0 Å². The predicted molar refractivity (Wildman–Crippen MR) is 71.4 cm³/mol. The van der Waals surface area contributed by atoms with E-state index in [-0.39, 0.29) is 6.04 Å². The third kappa shape index (κ3) is 2.27. The molecule has 0 aliphatic heterocycles. The van der Waals surface area contributed by atoms with Crippen molar-refractivity contribution >= 4 is 21.4 Å². The van der Waals surface area contributed by atoms with E-state index in [2.05, 4.69) is 35.6 Å². The second kappa shape index (κ2) is 5.16. The molecule has 0 bridgehead atoms. The van der Waals surface area contributed by atoms with Crippen LogP contribution in [-0.4, -0.2) is 0 Å². The Balaban J connectivity index is 2.17. The van der Waals surface area contributed by atoms with Crippen molar-refractivity contribution in [2.75, 3.05) is 0 Å². The van der Waals surface area contributed by atoms with E-state index in [0.717, 1.165) is 19.3 Å². The van der Waals surface area contributed by atoms with Crippen LogP contribution < -0.4 is 5.73 Å². The lowest BCUT2D eigenvalue weighted by atomic mass is 10.0. The van der Waals surface area contributed by atoms with E-state index < -0.39 is 0 Å². The van der Waals surface area contributed by atoms with Gasteiger partial charge in [-0.3, -0.25) is 0 Å². The number of thiophene rings is 1. The molecule has 0 aliphatic rings. The molecule has 0 saturated carbocycles. The molecule has 2 aromatic rings. The predicted octanol–water partition coefficient (Wildman–Crippen LogP) is 3.70. The molecule has 0 fully saturated rings. The number of unbranched alkanes of at least 4 members (excludes halogenated alkanes) is 1. The van der Waals surface area contributed by atoms with Crippen LogP contribution in [-0.2, 0) is 0 Å². The zero-order chi connectivity index (χ0) is 11.4. The summed E-state index contributed by atoms with van der Waals surface area (Å²) in [6.45, 7) is 0. The van der Waals surface area contributed by atoms with Crippen LogP contribution in [0, 0.1) is 12.3 Å². The fourth-order valence-electron chi connectivity index (χ4n) is 1.87. The van der Waals surface area contributed by atoms with Gasteiger partial charge in [-0.25, -0.2) is 0 Å². The molecule has 82 valence electrons. The zero-order valence-electron chi connectivity index (χ0n) is 9.15. The summed E-state index contributed by atoms with van der Waals surface area (Å²) < 4.78 is 1.31. The zero-order valence-corrected chi connectivity index (χ0v) is 9.96. The van der Waals surface area contributed by atoms with Gasteiger partial charge in [0.1, 0.15) is 0 Å². The topological polar surface area (TPSA) is 26.0 Å². The van der Waals surface area contributed by atoms with E-state index in [0.29, 0.717) is 0 Å². The lowest BCUT2D eigenvalue weighted by Gasteiger charge is -2.09. The summed E-state index contributed by atoms with van der Waals surface area (Å²) in [5.41, 5.74) is 7.45. The monoisotopic (exact) mass is 229 g/mol. The van der Waals surface area contributed by atoms with Crippen LogP contribution in [0.1, 0.15) is 30.9 Å². The maximum atomic E-state index is 6.18. The Hall–Kier alpha value is -1.30. The Morgan fingerprint density at radius 1 is 1.38 bits per heavy atom. The fraction of sp³-hybridized carbons (Fsp3) is 0.286. The average Bonchev–Trinajstić information content (AvgIpc) is 2.73. The quantitative estimate of drug-likeness (QED) is 0.628. The number of fused-ring (bicyclic) bond motifs is 1. The van der Waals surface area contributed by atoms with E-state index in [1.807, 2.05) is 0 Å². The van der Waals surface area contributed by atoms with Gasteiger partial charge in [0.05, 0.1) is 0 Å². The summed E-state index contributed by atoms with van der Waals surface area (Å²) in [5, 5.41) is 3.46. The van der Waals surface area contributed by atoms with Crippen LogP contribution in [0.3, 0.4) is 0 Å². The van der Waals surface area contributed by atoms with Gasteiger partial charge < -0.3 is 5.73 Å². The van der Waals surface area contributed by atoms with Gasteiger partial charge in [0.25, 0.3) is 0 Å². The smallest absolute Gasteiger partial charge is 0.0346 e. The second-order valence-corrected chi connectivity index (χ2v) is 4.80. The molecular weight excluding hydrogens is 214 g/mol. The Labute approximate surface area is 100 Å². The van der Waals surface area contributed by atoms with Crippen molar-refractivity contribution in [3.63, 3.8) is 0 Å². The molecule has 1 aromatic heterocycles. The Morgan fingerprint density at radius 3 is 3.00 bits per heavy atom. The van der Waals surface area contributed by atoms with Crippen LogP contribution in [0.4, 0.5) is 0 Å². The third-order valence-electron chi connectivity index (χ3n) is 2.75. The van der Waals surface area contributed by atoms with Crippen molar-refractivity contribution in [1.29, 1.82) is 0 Å². The first-order valence-corrected chi connectivity index (χ1v) is 6.36. The van der Waals surface area contributed by atoms with Crippen LogP contribution in [0.5, 0.6) is 0 Å². The first-order chi connectivity index (χ1) is 7.83. The SMILES string of the molecule is C#CCCCC(N)c1csc2ccccc12. The molecule has 2 rings (SSSR count). The van der Waals surface area contributed by atoms with Crippen LogP contribution >= 0.6 is 11.3 Å². The highest BCUT2D eigenvalue weighted by molar-refractivity contribution is 7.17. The van der Waals surface area contributed by atoms with E-state index in [9.17, 15) is 0 Å². The molecule has 1 aromatic carbocycles. The van der Waals surface area contributed by atoms with Gasteiger partial charge in [-0.1, -0.05) is 18.2 Å². The number of nitrogens with two attached hydrogens (primary N) is 1. The molecule has 0 saturated heterocycles. The number of hydrogen-bond acceptors (Lipinski definition) is 2. The first-order valence-electron chi connectivity index (χ1n) is 5.48. The van der Waals surface area contributed by atoms with Gasteiger partial charge in [0, 0.05) is 17.2 Å². The van der Waals surface area contributed by atoms with Gasteiger partial charge in [0.15, 0.2) is 0 Å². The molecule has 2 N–H and O–H groups in total. The molecule has 1 atom stereocenters. The minimum absolute atomic E-state index is 0.115. The fourth-order valence-corrected chi connectivity index (χ4v) is 2.89. The van der Waals surface area contributed by atoms with Gasteiger partial charge in [-0.15, -0.1) is 23.7 Å². The molecule has 1 unspecified atom stereocenters. The first kappa shape index (κ1) is 11.2. The highest BCUT2D eigenvalue weighted by atomic mass is 32.1. The minimum Gasteiger partial charge on any atom is -0.324 e. The van der Waals surface area contributed by atoms with Crippen molar-refractivity contribution in [3.05, 3.63) is 35.2 Å².